The van der Waals surface area contributed by atoms with Crippen molar-refractivity contribution < 1.29 is 8.42 Å². The SMILES string of the molecule is O=S(=O)(Nc1ccc2c(c1)C=C[N]2)c1ccc(-c2ccccc2)cc1. The van der Waals surface area contributed by atoms with Gasteiger partial charge in [-0.05, 0) is 47.5 Å². The Labute approximate surface area is 146 Å². The number of fused-ring (bicyclic) bond motifs is 1. The van der Waals surface area contributed by atoms with Crippen LogP contribution in [0.1, 0.15) is 5.56 Å². The van der Waals surface area contributed by atoms with Crippen molar-refractivity contribution in [3.05, 3.63) is 84.6 Å². The molecule has 4 rings (SSSR count). The second-order valence-corrected chi connectivity index (χ2v) is 7.40. The van der Waals surface area contributed by atoms with Gasteiger partial charge in [-0.2, -0.15) is 0 Å². The highest BCUT2D eigenvalue weighted by atomic mass is 32.2. The fourth-order valence-electron chi connectivity index (χ4n) is 2.74. The van der Waals surface area contributed by atoms with Crippen LogP contribution in [0.15, 0.2) is 83.9 Å². The van der Waals surface area contributed by atoms with Crippen LogP contribution in [0.3, 0.4) is 0 Å². The summed E-state index contributed by atoms with van der Waals surface area (Å²) in [6.07, 6.45) is 3.55. The molecule has 0 saturated carbocycles. The van der Waals surface area contributed by atoms with E-state index in [0.29, 0.717) is 5.69 Å². The van der Waals surface area contributed by atoms with Crippen LogP contribution < -0.4 is 10.0 Å². The molecule has 0 unspecified atom stereocenters. The van der Waals surface area contributed by atoms with Gasteiger partial charge in [-0.3, -0.25) is 10.0 Å². The first-order chi connectivity index (χ1) is 12.1. The molecule has 0 fully saturated rings. The topological polar surface area (TPSA) is 60.3 Å². The van der Waals surface area contributed by atoms with Gasteiger partial charge < -0.3 is 0 Å². The van der Waals surface area contributed by atoms with Crippen LogP contribution in [0, 0.1) is 0 Å². The Bertz CT molecular complexity index is 1040. The molecule has 0 spiro atoms. The van der Waals surface area contributed by atoms with E-state index in [1.807, 2.05) is 48.5 Å². The third kappa shape index (κ3) is 3.14. The Hall–Kier alpha value is -3.05. The number of rotatable bonds is 4. The van der Waals surface area contributed by atoms with Gasteiger partial charge in [0.25, 0.3) is 10.0 Å². The molecule has 0 atom stereocenters. The first-order valence-corrected chi connectivity index (χ1v) is 9.30. The molecule has 1 N–H and O–H groups in total. The maximum Gasteiger partial charge on any atom is 0.261 e. The van der Waals surface area contributed by atoms with Crippen LogP contribution in [0.4, 0.5) is 11.4 Å². The standard InChI is InChI=1S/C20H15N2O2S/c23-25(24,22-18-8-11-20-17(14-18)12-13-21-20)19-9-6-16(7-10-19)15-4-2-1-3-5-15/h1-14,22H. The fourth-order valence-corrected chi connectivity index (χ4v) is 3.79. The molecule has 1 radical (unpaired) electrons. The van der Waals surface area contributed by atoms with Gasteiger partial charge in [-0.1, -0.05) is 42.5 Å². The highest BCUT2D eigenvalue weighted by Gasteiger charge is 2.15. The Morgan fingerprint density at radius 2 is 1.52 bits per heavy atom. The fraction of sp³-hybridized carbons (Fsp3) is 0. The molecule has 1 heterocycles. The van der Waals surface area contributed by atoms with Crippen molar-refractivity contribution in [2.75, 3.05) is 4.72 Å². The van der Waals surface area contributed by atoms with Crippen LogP contribution in [-0.4, -0.2) is 8.42 Å². The first kappa shape index (κ1) is 15.5. The van der Waals surface area contributed by atoms with Gasteiger partial charge in [0.1, 0.15) is 0 Å². The predicted molar refractivity (Wildman–Crippen MR) is 100.0 cm³/mol. The Balaban J connectivity index is 1.59. The maximum atomic E-state index is 12.6. The van der Waals surface area contributed by atoms with E-state index < -0.39 is 10.0 Å². The van der Waals surface area contributed by atoms with Crippen molar-refractivity contribution in [2.45, 2.75) is 4.90 Å². The zero-order chi connectivity index (χ0) is 17.3. The normalized spacial score (nSPS) is 12.5. The summed E-state index contributed by atoms with van der Waals surface area (Å²) in [6, 6.07) is 22.0. The molecule has 3 aromatic rings. The van der Waals surface area contributed by atoms with Crippen LogP contribution in [-0.2, 0) is 10.0 Å². The minimum Gasteiger partial charge on any atom is -0.280 e. The Morgan fingerprint density at radius 3 is 2.28 bits per heavy atom. The minimum atomic E-state index is -3.63. The number of anilines is 1. The third-order valence-electron chi connectivity index (χ3n) is 4.02. The summed E-state index contributed by atoms with van der Waals surface area (Å²) in [6.45, 7) is 0. The molecule has 0 saturated heterocycles. The summed E-state index contributed by atoms with van der Waals surface area (Å²) in [5, 5.41) is 4.18. The molecule has 1 aliphatic rings. The number of nitrogens with one attached hydrogen (secondary N) is 1. The van der Waals surface area contributed by atoms with Gasteiger partial charge >= 0.3 is 0 Å². The Kier molecular flexibility index (Phi) is 3.78. The van der Waals surface area contributed by atoms with Gasteiger partial charge in [0.15, 0.2) is 0 Å². The summed E-state index contributed by atoms with van der Waals surface area (Å²) >= 11 is 0. The highest BCUT2D eigenvalue weighted by Crippen LogP contribution is 2.28. The average Bonchev–Trinajstić information content (AvgIpc) is 3.10. The third-order valence-corrected chi connectivity index (χ3v) is 5.42. The van der Waals surface area contributed by atoms with Crippen molar-refractivity contribution in [3.8, 4) is 11.1 Å². The molecule has 0 bridgehead atoms. The van der Waals surface area contributed by atoms with Gasteiger partial charge in [0, 0.05) is 17.5 Å². The van der Waals surface area contributed by atoms with Crippen molar-refractivity contribution >= 4 is 27.5 Å². The first-order valence-electron chi connectivity index (χ1n) is 7.82. The molecule has 0 aromatic heterocycles. The molecule has 3 aromatic carbocycles. The van der Waals surface area contributed by atoms with E-state index in [1.54, 1.807) is 36.5 Å². The molecule has 5 heteroatoms. The molecule has 0 aliphatic carbocycles. The zero-order valence-corrected chi connectivity index (χ0v) is 14.1. The number of hydrogen-bond donors (Lipinski definition) is 1. The van der Waals surface area contributed by atoms with Crippen LogP contribution >= 0.6 is 0 Å². The quantitative estimate of drug-likeness (QED) is 0.761. The van der Waals surface area contributed by atoms with Crippen LogP contribution in [0.25, 0.3) is 17.2 Å². The van der Waals surface area contributed by atoms with Gasteiger partial charge in [-0.25, -0.2) is 8.42 Å². The van der Waals surface area contributed by atoms with E-state index in [9.17, 15) is 8.42 Å². The number of nitrogens with zero attached hydrogens (tertiary/aromatic N) is 1. The summed E-state index contributed by atoms with van der Waals surface area (Å²) in [5.41, 5.74) is 4.29. The van der Waals surface area contributed by atoms with E-state index in [0.717, 1.165) is 22.4 Å². The van der Waals surface area contributed by atoms with Crippen molar-refractivity contribution in [3.63, 3.8) is 0 Å². The molecule has 123 valence electrons. The average molecular weight is 347 g/mol. The van der Waals surface area contributed by atoms with E-state index in [2.05, 4.69) is 10.0 Å². The van der Waals surface area contributed by atoms with Crippen LogP contribution in [0.2, 0.25) is 0 Å². The number of sulfonamides is 1. The minimum absolute atomic E-state index is 0.230. The molecule has 4 nitrogen and oxygen atoms in total. The lowest BCUT2D eigenvalue weighted by atomic mass is 10.1. The smallest absolute Gasteiger partial charge is 0.261 e. The lowest BCUT2D eigenvalue weighted by Crippen LogP contribution is -2.12. The predicted octanol–water partition coefficient (Wildman–Crippen LogP) is 4.37. The second kappa shape index (κ2) is 6.11. The van der Waals surface area contributed by atoms with Gasteiger partial charge in [0.2, 0.25) is 0 Å². The van der Waals surface area contributed by atoms with E-state index in [1.165, 1.54) is 0 Å². The highest BCUT2D eigenvalue weighted by molar-refractivity contribution is 7.92. The zero-order valence-electron chi connectivity index (χ0n) is 13.3. The van der Waals surface area contributed by atoms with E-state index in [-0.39, 0.29) is 4.90 Å². The second-order valence-electron chi connectivity index (χ2n) is 5.71. The monoisotopic (exact) mass is 347 g/mol. The number of hydrogen-bond acceptors (Lipinski definition) is 2. The molecular formula is C20H15N2O2S. The largest absolute Gasteiger partial charge is 0.280 e. The van der Waals surface area contributed by atoms with E-state index >= 15 is 0 Å². The lowest BCUT2D eigenvalue weighted by molar-refractivity contribution is 0.601. The van der Waals surface area contributed by atoms with E-state index in [4.69, 9.17) is 0 Å². The summed E-state index contributed by atoms with van der Waals surface area (Å²) in [4.78, 5) is 0.230. The Morgan fingerprint density at radius 1 is 0.800 bits per heavy atom. The number of benzene rings is 3. The molecule has 25 heavy (non-hydrogen) atoms. The molecular weight excluding hydrogens is 332 g/mol. The summed E-state index contributed by atoms with van der Waals surface area (Å²) in [5.74, 6) is 0. The van der Waals surface area contributed by atoms with Crippen molar-refractivity contribution in [1.82, 2.24) is 5.32 Å². The lowest BCUT2D eigenvalue weighted by Gasteiger charge is -2.10. The molecule has 0 amide bonds. The summed E-state index contributed by atoms with van der Waals surface area (Å²) in [7, 11) is -3.63. The van der Waals surface area contributed by atoms with Crippen LogP contribution in [0.5, 0.6) is 0 Å². The van der Waals surface area contributed by atoms with Gasteiger partial charge in [0.05, 0.1) is 10.6 Å². The summed E-state index contributed by atoms with van der Waals surface area (Å²) < 4.78 is 27.8. The van der Waals surface area contributed by atoms with Crippen molar-refractivity contribution in [2.24, 2.45) is 0 Å². The maximum absolute atomic E-state index is 12.6. The van der Waals surface area contributed by atoms with Crippen molar-refractivity contribution in [1.29, 1.82) is 0 Å². The molecule has 1 aliphatic heterocycles. The van der Waals surface area contributed by atoms with Gasteiger partial charge in [-0.15, -0.1) is 0 Å².